The van der Waals surface area contributed by atoms with Gasteiger partial charge in [-0.1, -0.05) is 12.1 Å². The lowest BCUT2D eigenvalue weighted by Crippen LogP contribution is -2.20. The van der Waals surface area contributed by atoms with E-state index < -0.39 is 5.97 Å². The van der Waals surface area contributed by atoms with E-state index in [9.17, 15) is 4.79 Å². The molecule has 0 fully saturated rings. The number of fused-ring (bicyclic) bond motifs is 1. The predicted molar refractivity (Wildman–Crippen MR) is 76.3 cm³/mol. The van der Waals surface area contributed by atoms with Gasteiger partial charge >= 0.3 is 5.97 Å². The van der Waals surface area contributed by atoms with E-state index in [1.165, 1.54) is 10.6 Å². The average Bonchev–Trinajstić information content (AvgIpc) is 2.68. The number of benzene rings is 1. The molecule has 5 heteroatoms. The van der Waals surface area contributed by atoms with Gasteiger partial charge in [0, 0.05) is 17.9 Å². The Hall–Kier alpha value is -0.680. The van der Waals surface area contributed by atoms with Crippen LogP contribution in [0.4, 0.5) is 5.69 Å². The smallest absolute Gasteiger partial charge is 0.303 e. The minimum Gasteiger partial charge on any atom is -0.481 e. The van der Waals surface area contributed by atoms with Crippen molar-refractivity contribution in [3.05, 3.63) is 24.3 Å². The molecule has 0 radical (unpaired) electrons. The number of carboxylic acid groups (broad SMARTS) is 1. The van der Waals surface area contributed by atoms with Crippen molar-refractivity contribution in [2.45, 2.75) is 24.2 Å². The zero-order valence-corrected chi connectivity index (χ0v) is 12.0. The molecular formula is C12H16BrNO2S. The highest BCUT2D eigenvalue weighted by Gasteiger charge is 2.17. The summed E-state index contributed by atoms with van der Waals surface area (Å²) in [6.45, 7) is 0.956. The van der Waals surface area contributed by atoms with E-state index in [1.807, 2.05) is 11.8 Å². The number of hydrogen-bond donors (Lipinski definition) is 1. The van der Waals surface area contributed by atoms with E-state index in [4.69, 9.17) is 5.11 Å². The largest absolute Gasteiger partial charge is 0.481 e. The summed E-state index contributed by atoms with van der Waals surface area (Å²) in [5, 5.41) is 8.55. The molecule has 1 N–H and O–H groups in total. The Morgan fingerprint density at radius 2 is 2.12 bits per heavy atom. The van der Waals surface area contributed by atoms with Crippen LogP contribution in [0.3, 0.4) is 0 Å². The van der Waals surface area contributed by atoms with Crippen LogP contribution in [0.5, 0.6) is 0 Å². The Kier molecular flexibility index (Phi) is 5.85. The van der Waals surface area contributed by atoms with Crippen LogP contribution in [-0.2, 0) is 4.79 Å². The molecule has 1 aliphatic rings. The first kappa shape index (κ1) is 14.4. The summed E-state index contributed by atoms with van der Waals surface area (Å²) < 4.78 is 0. The maximum Gasteiger partial charge on any atom is 0.303 e. The summed E-state index contributed by atoms with van der Waals surface area (Å²) >= 11 is 1.85. The summed E-state index contributed by atoms with van der Waals surface area (Å²) in [4.78, 5) is 14.0. The van der Waals surface area contributed by atoms with Gasteiger partial charge in [-0.3, -0.25) is 4.79 Å². The fraction of sp³-hybridized carbons (Fsp3) is 0.417. The van der Waals surface area contributed by atoms with Crippen LogP contribution in [0.2, 0.25) is 0 Å². The van der Waals surface area contributed by atoms with Gasteiger partial charge in [-0.2, -0.15) is 0 Å². The van der Waals surface area contributed by atoms with Crippen molar-refractivity contribution in [3.63, 3.8) is 0 Å². The lowest BCUT2D eigenvalue weighted by atomic mass is 10.2. The molecule has 1 aromatic carbocycles. The van der Waals surface area contributed by atoms with Crippen LogP contribution >= 0.6 is 28.7 Å². The van der Waals surface area contributed by atoms with Gasteiger partial charge in [-0.05, 0) is 25.0 Å². The second-order valence-corrected chi connectivity index (χ2v) is 4.84. The summed E-state index contributed by atoms with van der Waals surface area (Å²) in [5.74, 6) is 0.295. The molecule has 94 valence electrons. The van der Waals surface area contributed by atoms with E-state index in [2.05, 4.69) is 29.2 Å². The van der Waals surface area contributed by atoms with Gasteiger partial charge in [-0.15, -0.1) is 28.7 Å². The van der Waals surface area contributed by atoms with Gasteiger partial charge in [0.25, 0.3) is 0 Å². The summed E-state index contributed by atoms with van der Waals surface area (Å²) in [6, 6.07) is 8.37. The molecule has 0 aliphatic carbocycles. The molecular weight excluding hydrogens is 302 g/mol. The Morgan fingerprint density at radius 3 is 2.88 bits per heavy atom. The first-order chi connectivity index (χ1) is 7.77. The van der Waals surface area contributed by atoms with Crippen LogP contribution in [0.1, 0.15) is 19.3 Å². The van der Waals surface area contributed by atoms with E-state index in [0.717, 1.165) is 25.3 Å². The molecule has 2 rings (SSSR count). The number of thioether (sulfide) groups is 1. The van der Waals surface area contributed by atoms with E-state index in [0.29, 0.717) is 0 Å². The highest BCUT2D eigenvalue weighted by atomic mass is 79.9. The number of aliphatic carboxylic acids is 1. The van der Waals surface area contributed by atoms with E-state index in [-0.39, 0.29) is 23.4 Å². The summed E-state index contributed by atoms with van der Waals surface area (Å²) in [5.41, 5.74) is 1.29. The molecule has 0 atom stereocenters. The fourth-order valence-electron chi connectivity index (χ4n) is 1.82. The molecule has 1 aromatic rings. The maximum absolute atomic E-state index is 10.4. The Bertz CT molecular complexity index is 387. The second kappa shape index (κ2) is 6.91. The third-order valence-corrected chi connectivity index (χ3v) is 3.75. The zero-order chi connectivity index (χ0) is 11.4. The minimum absolute atomic E-state index is 0. The molecule has 17 heavy (non-hydrogen) atoms. The van der Waals surface area contributed by atoms with Crippen LogP contribution in [0, 0.1) is 0 Å². The van der Waals surface area contributed by atoms with Gasteiger partial charge < -0.3 is 10.0 Å². The lowest BCUT2D eigenvalue weighted by Gasteiger charge is -2.17. The topological polar surface area (TPSA) is 40.5 Å². The quantitative estimate of drug-likeness (QED) is 0.845. The molecule has 0 amide bonds. The maximum atomic E-state index is 10.4. The molecule has 0 saturated heterocycles. The first-order valence-electron chi connectivity index (χ1n) is 5.46. The standard InChI is InChI=1S/C12H15NO2S.BrH/c14-12(15)7-3-4-8-13-9-16-11-6-2-1-5-10(11)13;/h1-2,5-6H,3-4,7-9H2,(H,14,15);1H. The van der Waals surface area contributed by atoms with Gasteiger partial charge in [0.05, 0.1) is 11.6 Å². The number of halogens is 1. The number of hydrogen-bond acceptors (Lipinski definition) is 3. The van der Waals surface area contributed by atoms with Crippen LogP contribution < -0.4 is 4.90 Å². The third-order valence-electron chi connectivity index (χ3n) is 2.65. The molecule has 0 saturated carbocycles. The summed E-state index contributed by atoms with van der Waals surface area (Å²) in [6.07, 6.45) is 1.99. The number of para-hydroxylation sites is 1. The van der Waals surface area contributed by atoms with Gasteiger partial charge in [0.2, 0.25) is 0 Å². The number of carboxylic acids is 1. The van der Waals surface area contributed by atoms with Crippen molar-refractivity contribution in [2.75, 3.05) is 17.3 Å². The molecule has 0 aromatic heterocycles. The average molecular weight is 318 g/mol. The van der Waals surface area contributed by atoms with Gasteiger partial charge in [0.1, 0.15) is 0 Å². The monoisotopic (exact) mass is 317 g/mol. The van der Waals surface area contributed by atoms with Crippen LogP contribution in [-0.4, -0.2) is 23.5 Å². The second-order valence-electron chi connectivity index (χ2n) is 3.86. The van der Waals surface area contributed by atoms with Crippen molar-refractivity contribution in [3.8, 4) is 0 Å². The molecule has 3 nitrogen and oxygen atoms in total. The SMILES string of the molecule is Br.O=C(O)CCCCN1CSc2ccccc21. The zero-order valence-electron chi connectivity index (χ0n) is 9.46. The molecule has 1 aliphatic heterocycles. The molecule has 1 heterocycles. The Morgan fingerprint density at radius 1 is 1.35 bits per heavy atom. The van der Waals surface area contributed by atoms with Crippen molar-refractivity contribution in [1.29, 1.82) is 0 Å². The number of carbonyl (C=O) groups is 1. The number of nitrogens with zero attached hydrogens (tertiary/aromatic N) is 1. The number of anilines is 1. The lowest BCUT2D eigenvalue weighted by molar-refractivity contribution is -0.137. The van der Waals surface area contributed by atoms with Crippen LogP contribution in [0.25, 0.3) is 0 Å². The third kappa shape index (κ3) is 3.92. The number of unbranched alkanes of at least 4 members (excludes halogenated alkanes) is 1. The molecule has 0 spiro atoms. The minimum atomic E-state index is -0.698. The van der Waals surface area contributed by atoms with Gasteiger partial charge in [-0.25, -0.2) is 0 Å². The van der Waals surface area contributed by atoms with Crippen LogP contribution in [0.15, 0.2) is 29.2 Å². The fourth-order valence-corrected chi connectivity index (χ4v) is 2.90. The van der Waals surface area contributed by atoms with Gasteiger partial charge in [0.15, 0.2) is 0 Å². The highest BCUT2D eigenvalue weighted by molar-refractivity contribution is 8.93. The number of rotatable bonds is 5. The van der Waals surface area contributed by atoms with E-state index in [1.54, 1.807) is 0 Å². The Labute approximate surface area is 116 Å². The normalized spacial score (nSPS) is 13.1. The molecule has 0 bridgehead atoms. The molecule has 0 unspecified atom stereocenters. The van der Waals surface area contributed by atoms with Crippen molar-refractivity contribution in [2.24, 2.45) is 0 Å². The summed E-state index contributed by atoms with van der Waals surface area (Å²) in [7, 11) is 0. The van der Waals surface area contributed by atoms with E-state index >= 15 is 0 Å². The van der Waals surface area contributed by atoms with Crippen molar-refractivity contribution >= 4 is 40.4 Å². The Balaban J connectivity index is 0.00000144. The van der Waals surface area contributed by atoms with Crippen molar-refractivity contribution in [1.82, 2.24) is 0 Å². The van der Waals surface area contributed by atoms with Crippen molar-refractivity contribution < 1.29 is 9.90 Å². The highest BCUT2D eigenvalue weighted by Crippen LogP contribution is 2.37. The first-order valence-corrected chi connectivity index (χ1v) is 6.44. The predicted octanol–water partition coefficient (Wildman–Crippen LogP) is 3.39.